The molecule has 36 heavy (non-hydrogen) atoms. The second kappa shape index (κ2) is 9.50. The first-order valence-electron chi connectivity index (χ1n) is 12.9. The van der Waals surface area contributed by atoms with Crippen molar-refractivity contribution in [2.24, 2.45) is 23.2 Å². The Labute approximate surface area is 214 Å². The van der Waals surface area contributed by atoms with Gasteiger partial charge in [-0.05, 0) is 75.2 Å². The molecule has 2 unspecified atom stereocenters. The third-order valence-electron chi connectivity index (χ3n) is 8.67. The Hall–Kier alpha value is -1.23. The molecule has 0 spiro atoms. The van der Waals surface area contributed by atoms with E-state index in [0.717, 1.165) is 38.5 Å². The molecule has 0 N–H and O–H groups in total. The molecular weight excluding hydrogens is 510 g/mol. The lowest BCUT2D eigenvalue weighted by atomic mass is 9.50. The van der Waals surface area contributed by atoms with Gasteiger partial charge >= 0.3 is 16.2 Å². The summed E-state index contributed by atoms with van der Waals surface area (Å²) in [4.78, 5) is 11.6. The number of halogens is 2. The van der Waals surface area contributed by atoms with E-state index >= 15 is 0 Å². The third kappa shape index (κ3) is 5.33. The van der Waals surface area contributed by atoms with Crippen LogP contribution in [0.3, 0.4) is 0 Å². The van der Waals surface area contributed by atoms with E-state index in [1.165, 1.54) is 42.6 Å². The van der Waals surface area contributed by atoms with Crippen molar-refractivity contribution in [2.45, 2.75) is 81.3 Å². The molecule has 200 valence electrons. The van der Waals surface area contributed by atoms with Gasteiger partial charge in [0.15, 0.2) is 21.3 Å². The summed E-state index contributed by atoms with van der Waals surface area (Å²) >= 11 is 0.357. The Kier molecular flexibility index (Phi) is 6.96. The summed E-state index contributed by atoms with van der Waals surface area (Å²) in [5, 5.41) is -5.00. The van der Waals surface area contributed by atoms with Gasteiger partial charge in [-0.25, -0.2) is 13.2 Å². The van der Waals surface area contributed by atoms with E-state index in [1.54, 1.807) is 0 Å². The van der Waals surface area contributed by atoms with E-state index in [-0.39, 0.29) is 12.0 Å². The molecular formula is C26H34F2O6S2. The van der Waals surface area contributed by atoms with Crippen LogP contribution in [0.2, 0.25) is 0 Å². The van der Waals surface area contributed by atoms with E-state index in [1.807, 2.05) is 0 Å². The second-order valence-corrected chi connectivity index (χ2v) is 15.0. The molecule has 0 aromatic heterocycles. The summed E-state index contributed by atoms with van der Waals surface area (Å²) in [5.41, 5.74) is 2.51. The van der Waals surface area contributed by atoms with Crippen molar-refractivity contribution in [3.63, 3.8) is 0 Å². The van der Waals surface area contributed by atoms with Crippen LogP contribution in [0, 0.1) is 30.1 Å². The van der Waals surface area contributed by atoms with Gasteiger partial charge in [-0.1, -0.05) is 29.8 Å². The van der Waals surface area contributed by atoms with Crippen molar-refractivity contribution in [2.75, 3.05) is 12.4 Å². The number of fused-ring (bicyclic) bond motifs is 1. The molecule has 2 heterocycles. The van der Waals surface area contributed by atoms with Gasteiger partial charge in [-0.15, -0.1) is 4.18 Å². The van der Waals surface area contributed by atoms with Crippen LogP contribution >= 0.6 is 0 Å². The zero-order valence-electron chi connectivity index (χ0n) is 20.5. The Morgan fingerprint density at radius 2 is 1.72 bits per heavy atom. The smallest absolute Gasteiger partial charge is 0.428 e. The van der Waals surface area contributed by atoms with Gasteiger partial charge in [0.2, 0.25) is 0 Å². The number of carbonyl (C=O) groups excluding carboxylic acids is 1. The van der Waals surface area contributed by atoms with Crippen molar-refractivity contribution in [1.29, 1.82) is 0 Å². The van der Waals surface area contributed by atoms with Crippen molar-refractivity contribution in [3.8, 4) is 0 Å². The number of esters is 1. The van der Waals surface area contributed by atoms with Gasteiger partial charge in [-0.2, -0.15) is 8.78 Å². The minimum Gasteiger partial charge on any atom is -0.743 e. The van der Waals surface area contributed by atoms with Gasteiger partial charge in [0.05, 0.1) is 6.61 Å². The Balaban J connectivity index is 0.000000156. The Morgan fingerprint density at radius 3 is 2.19 bits per heavy atom. The van der Waals surface area contributed by atoms with Gasteiger partial charge in [0, 0.05) is 24.7 Å². The largest absolute Gasteiger partial charge is 0.743 e. The molecule has 2 atom stereocenters. The molecule has 4 saturated carbocycles. The fourth-order valence-corrected chi connectivity index (χ4v) is 9.73. The number of benzene rings is 1. The maximum Gasteiger partial charge on any atom is 0.428 e. The maximum absolute atomic E-state index is 13.1. The van der Waals surface area contributed by atoms with Crippen LogP contribution in [0.1, 0.15) is 68.9 Å². The Bertz CT molecular complexity index is 1050. The maximum atomic E-state index is 13.1. The summed E-state index contributed by atoms with van der Waals surface area (Å²) in [5.74, 6) is 0.748. The number of hydrogen-bond acceptors (Lipinski definition) is 6. The van der Waals surface area contributed by atoms with Crippen molar-refractivity contribution >= 4 is 27.3 Å². The predicted octanol–water partition coefficient (Wildman–Crippen LogP) is 4.87. The van der Waals surface area contributed by atoms with E-state index in [4.69, 9.17) is 4.18 Å². The van der Waals surface area contributed by atoms with Crippen molar-refractivity contribution in [3.05, 3.63) is 35.4 Å². The average molecular weight is 545 g/mol. The van der Waals surface area contributed by atoms with Crippen LogP contribution in [0.4, 0.5) is 8.78 Å². The van der Waals surface area contributed by atoms with Crippen LogP contribution in [0.25, 0.3) is 0 Å². The van der Waals surface area contributed by atoms with Crippen LogP contribution in [0.15, 0.2) is 24.3 Å². The number of ether oxygens (including phenoxy) is 1. The summed E-state index contributed by atoms with van der Waals surface area (Å²) in [7, 11) is -6.04. The fourth-order valence-electron chi connectivity index (χ4n) is 7.26. The highest BCUT2D eigenvalue weighted by molar-refractivity contribution is 7.99. The highest BCUT2D eigenvalue weighted by Gasteiger charge is 2.73. The van der Waals surface area contributed by atoms with Gasteiger partial charge in [0.1, 0.15) is 5.75 Å². The number of alkyl halides is 2. The van der Waals surface area contributed by atoms with Crippen LogP contribution in [0.5, 0.6) is 0 Å². The van der Waals surface area contributed by atoms with Gasteiger partial charge < -0.3 is 9.29 Å². The zero-order chi connectivity index (χ0) is 25.8. The second-order valence-electron chi connectivity index (χ2n) is 11.6. The summed E-state index contributed by atoms with van der Waals surface area (Å²) in [6, 6.07) is 8.91. The Morgan fingerprint density at radius 1 is 1.14 bits per heavy atom. The van der Waals surface area contributed by atoms with Crippen LogP contribution in [-0.4, -0.2) is 41.5 Å². The average Bonchev–Trinajstić information content (AvgIpc) is 3.34. The molecule has 2 saturated heterocycles. The predicted molar refractivity (Wildman–Crippen MR) is 131 cm³/mol. The third-order valence-corrected chi connectivity index (χ3v) is 11.8. The van der Waals surface area contributed by atoms with E-state index in [9.17, 15) is 26.5 Å². The number of hydrogen-bond donors (Lipinski definition) is 0. The van der Waals surface area contributed by atoms with Gasteiger partial charge in [0.25, 0.3) is 0 Å². The number of carbonyl (C=O) groups is 1. The molecule has 7 rings (SSSR count). The molecule has 0 radical (unpaired) electrons. The van der Waals surface area contributed by atoms with Crippen LogP contribution < -0.4 is 0 Å². The van der Waals surface area contributed by atoms with E-state index in [2.05, 4.69) is 35.9 Å². The minimum atomic E-state index is -6.04. The molecule has 6 aliphatic rings. The monoisotopic (exact) mass is 544 g/mol. The molecule has 0 amide bonds. The SMILES string of the molecule is Cc1ccc(CCC23CCC[S+]2O3)cc1.O=C(OCC12CC3CC(CC(C3)C1)C2)C(F)(F)S(=O)(=O)[O-]. The van der Waals surface area contributed by atoms with Crippen molar-refractivity contribution < 1.29 is 35.5 Å². The first-order valence-corrected chi connectivity index (χ1v) is 15.6. The lowest BCUT2D eigenvalue weighted by Gasteiger charge is -2.56. The molecule has 10 heteroatoms. The molecule has 4 aliphatic carbocycles. The topological polar surface area (TPSA) is 96.0 Å². The molecule has 4 bridgehead atoms. The number of rotatable bonds is 7. The standard InChI is InChI=1S/C13H18F2O5S.C13H17OS/c14-13(15,21(17,18)19)11(16)20-7-12-4-8-1-9(5-12)3-10(2-8)6-12;1-11-3-5-12(6-4-11)7-9-13-8-2-10-15(13)14-13/h8-10H,1-7H2,(H,17,18,19);3-6H,2,7-10H2,1H3/q;+1/p-1. The first-order chi connectivity index (χ1) is 16.9. The zero-order valence-corrected chi connectivity index (χ0v) is 22.2. The summed E-state index contributed by atoms with van der Waals surface area (Å²) in [6.45, 7) is 1.93. The molecule has 6 fully saturated rings. The molecule has 2 aliphatic heterocycles. The van der Waals surface area contributed by atoms with Crippen LogP contribution in [-0.2, 0) is 41.4 Å². The quantitative estimate of drug-likeness (QED) is 0.210. The highest BCUT2D eigenvalue weighted by Crippen LogP contribution is 2.60. The summed E-state index contributed by atoms with van der Waals surface area (Å²) < 4.78 is 67.8. The normalized spacial score (nSPS) is 36.1. The van der Waals surface area contributed by atoms with E-state index in [0.29, 0.717) is 33.9 Å². The molecule has 6 nitrogen and oxygen atoms in total. The molecule has 1 aromatic rings. The first kappa shape index (κ1) is 26.4. The van der Waals surface area contributed by atoms with Gasteiger partial charge in [-0.3, -0.25) is 0 Å². The minimum absolute atomic E-state index is 0.208. The highest BCUT2D eigenvalue weighted by atomic mass is 32.2. The number of aryl methyl sites for hydroxylation is 2. The molecule has 1 aromatic carbocycles. The summed E-state index contributed by atoms with van der Waals surface area (Å²) in [6.07, 6.45) is 11.1. The van der Waals surface area contributed by atoms with E-state index < -0.39 is 21.3 Å². The lowest BCUT2D eigenvalue weighted by Crippen LogP contribution is -2.49. The van der Waals surface area contributed by atoms with Crippen molar-refractivity contribution in [1.82, 2.24) is 0 Å². The fraction of sp³-hybridized carbons (Fsp3) is 0.731. The lowest BCUT2D eigenvalue weighted by molar-refractivity contribution is -0.172.